The number of halogens is 1. The lowest BCUT2D eigenvalue weighted by atomic mass is 10.1. The molecule has 0 heterocycles. The van der Waals surface area contributed by atoms with Gasteiger partial charge in [0.1, 0.15) is 11.8 Å². The smallest absolute Gasteiger partial charge is 0.248 e. The SMILES string of the molecule is CC[C@@H](C(=O)Nc1ccc(Cl)cc1)N(c1cccc(OC)c1)S(C)(=O)=O. The number of anilines is 2. The summed E-state index contributed by atoms with van der Waals surface area (Å²) in [7, 11) is -2.21. The minimum Gasteiger partial charge on any atom is -0.497 e. The maximum Gasteiger partial charge on any atom is 0.248 e. The molecule has 0 aliphatic heterocycles. The van der Waals surface area contributed by atoms with E-state index in [1.54, 1.807) is 55.5 Å². The number of hydrogen-bond donors (Lipinski definition) is 1. The summed E-state index contributed by atoms with van der Waals surface area (Å²) in [5.41, 5.74) is 0.905. The molecule has 2 rings (SSSR count). The number of ether oxygens (including phenoxy) is 1. The van der Waals surface area contributed by atoms with E-state index in [2.05, 4.69) is 5.32 Å². The highest BCUT2D eigenvalue weighted by atomic mass is 35.5. The van der Waals surface area contributed by atoms with Crippen LogP contribution >= 0.6 is 11.6 Å². The molecule has 0 unspecified atom stereocenters. The summed E-state index contributed by atoms with van der Waals surface area (Å²) in [6.07, 6.45) is 1.37. The van der Waals surface area contributed by atoms with Crippen LogP contribution in [0.5, 0.6) is 5.75 Å². The van der Waals surface area contributed by atoms with Crippen molar-refractivity contribution in [3.63, 3.8) is 0 Å². The number of amides is 1. The molecule has 1 N–H and O–H groups in total. The fourth-order valence-corrected chi connectivity index (χ4v) is 3.90. The Morgan fingerprint density at radius 3 is 2.42 bits per heavy atom. The van der Waals surface area contributed by atoms with E-state index in [0.717, 1.165) is 10.6 Å². The average Bonchev–Trinajstić information content (AvgIpc) is 2.60. The van der Waals surface area contributed by atoms with Crippen LogP contribution in [-0.4, -0.2) is 33.7 Å². The van der Waals surface area contributed by atoms with Crippen molar-refractivity contribution < 1.29 is 17.9 Å². The molecule has 2 aromatic carbocycles. The molecule has 0 bridgehead atoms. The van der Waals surface area contributed by atoms with Crippen molar-refractivity contribution in [2.45, 2.75) is 19.4 Å². The standard InChI is InChI=1S/C18H21ClN2O4S/c1-4-17(18(22)20-14-10-8-13(19)9-11-14)21(26(3,23)24)15-6-5-7-16(12-15)25-2/h5-12,17H,4H2,1-3H3,(H,20,22)/t17-/m0/s1. The van der Waals surface area contributed by atoms with Crippen LogP contribution in [0.4, 0.5) is 11.4 Å². The van der Waals surface area contributed by atoms with Crippen LogP contribution in [0.25, 0.3) is 0 Å². The molecule has 8 heteroatoms. The number of carbonyl (C=O) groups excluding carboxylic acids is 1. The summed E-state index contributed by atoms with van der Waals surface area (Å²) in [5.74, 6) is 0.0761. The summed E-state index contributed by atoms with van der Waals surface area (Å²) in [6, 6.07) is 12.3. The molecule has 1 atom stereocenters. The Labute approximate surface area is 158 Å². The highest BCUT2D eigenvalue weighted by Crippen LogP contribution is 2.27. The number of nitrogens with one attached hydrogen (secondary N) is 1. The van der Waals surface area contributed by atoms with Crippen LogP contribution in [-0.2, 0) is 14.8 Å². The maximum atomic E-state index is 12.8. The van der Waals surface area contributed by atoms with E-state index < -0.39 is 22.0 Å². The molecule has 2 aromatic rings. The zero-order valence-electron chi connectivity index (χ0n) is 14.8. The topological polar surface area (TPSA) is 75.7 Å². The molecule has 1 amide bonds. The quantitative estimate of drug-likeness (QED) is 0.776. The minimum atomic E-state index is -3.70. The summed E-state index contributed by atoms with van der Waals surface area (Å²) < 4.78 is 31.1. The molecule has 0 saturated carbocycles. The molecule has 0 radical (unpaired) electrons. The maximum absolute atomic E-state index is 12.8. The highest BCUT2D eigenvalue weighted by Gasteiger charge is 2.31. The first-order valence-corrected chi connectivity index (χ1v) is 10.2. The van der Waals surface area contributed by atoms with Crippen molar-refractivity contribution in [1.29, 1.82) is 0 Å². The van der Waals surface area contributed by atoms with Gasteiger partial charge in [0, 0.05) is 16.8 Å². The van der Waals surface area contributed by atoms with Crippen LogP contribution < -0.4 is 14.4 Å². The Hall–Kier alpha value is -2.25. The van der Waals surface area contributed by atoms with Crippen molar-refractivity contribution in [1.82, 2.24) is 0 Å². The molecule has 0 aliphatic rings. The monoisotopic (exact) mass is 396 g/mol. The van der Waals surface area contributed by atoms with Gasteiger partial charge in [0.25, 0.3) is 0 Å². The van der Waals surface area contributed by atoms with Gasteiger partial charge < -0.3 is 10.1 Å². The van der Waals surface area contributed by atoms with Crippen molar-refractivity contribution in [3.8, 4) is 5.75 Å². The van der Waals surface area contributed by atoms with E-state index >= 15 is 0 Å². The van der Waals surface area contributed by atoms with E-state index in [0.29, 0.717) is 28.6 Å². The molecular formula is C18H21ClN2O4S. The van der Waals surface area contributed by atoms with E-state index in [1.807, 2.05) is 0 Å². The van der Waals surface area contributed by atoms with Gasteiger partial charge in [-0.25, -0.2) is 8.42 Å². The number of nitrogens with zero attached hydrogens (tertiary/aromatic N) is 1. The van der Waals surface area contributed by atoms with Gasteiger partial charge in [-0.2, -0.15) is 0 Å². The predicted octanol–water partition coefficient (Wildman–Crippen LogP) is 3.53. The van der Waals surface area contributed by atoms with Crippen molar-refractivity contribution in [3.05, 3.63) is 53.6 Å². The van der Waals surface area contributed by atoms with Crippen molar-refractivity contribution >= 4 is 38.9 Å². The summed E-state index contributed by atoms with van der Waals surface area (Å²) in [4.78, 5) is 12.8. The van der Waals surface area contributed by atoms with Crippen molar-refractivity contribution in [2.75, 3.05) is 23.0 Å². The fraction of sp³-hybridized carbons (Fsp3) is 0.278. The van der Waals surface area contributed by atoms with E-state index in [-0.39, 0.29) is 0 Å². The second-order valence-electron chi connectivity index (χ2n) is 5.68. The average molecular weight is 397 g/mol. The van der Waals surface area contributed by atoms with Crippen LogP contribution in [0.15, 0.2) is 48.5 Å². The molecule has 0 aliphatic carbocycles. The minimum absolute atomic E-state index is 0.295. The van der Waals surface area contributed by atoms with Gasteiger partial charge in [0.15, 0.2) is 0 Å². The lowest BCUT2D eigenvalue weighted by molar-refractivity contribution is -0.117. The van der Waals surface area contributed by atoms with Crippen LogP contribution in [0, 0.1) is 0 Å². The largest absolute Gasteiger partial charge is 0.497 e. The van der Waals surface area contributed by atoms with Crippen molar-refractivity contribution in [2.24, 2.45) is 0 Å². The Balaban J connectivity index is 2.37. The van der Waals surface area contributed by atoms with Gasteiger partial charge in [0.05, 0.1) is 19.1 Å². The lowest BCUT2D eigenvalue weighted by Crippen LogP contribution is -2.47. The summed E-state index contributed by atoms with van der Waals surface area (Å²) >= 11 is 5.84. The predicted molar refractivity (Wildman–Crippen MR) is 104 cm³/mol. The Bertz CT molecular complexity index is 869. The van der Waals surface area contributed by atoms with Crippen LogP contribution in [0.1, 0.15) is 13.3 Å². The van der Waals surface area contributed by atoms with E-state index in [4.69, 9.17) is 16.3 Å². The van der Waals surface area contributed by atoms with E-state index in [9.17, 15) is 13.2 Å². The number of rotatable bonds is 7. The molecule has 140 valence electrons. The number of hydrogen-bond acceptors (Lipinski definition) is 4. The van der Waals surface area contributed by atoms with Gasteiger partial charge in [0.2, 0.25) is 15.9 Å². The lowest BCUT2D eigenvalue weighted by Gasteiger charge is -2.30. The van der Waals surface area contributed by atoms with Gasteiger partial charge >= 0.3 is 0 Å². The van der Waals surface area contributed by atoms with Crippen LogP contribution in [0.3, 0.4) is 0 Å². The van der Waals surface area contributed by atoms with E-state index in [1.165, 1.54) is 7.11 Å². The van der Waals surface area contributed by atoms with Gasteiger partial charge in [-0.3, -0.25) is 9.10 Å². The third kappa shape index (κ3) is 4.89. The van der Waals surface area contributed by atoms with Gasteiger partial charge in [-0.15, -0.1) is 0 Å². The Kier molecular flexibility index (Phi) is 6.50. The molecular weight excluding hydrogens is 376 g/mol. The summed E-state index contributed by atoms with van der Waals surface area (Å²) in [6.45, 7) is 1.75. The molecule has 0 fully saturated rings. The van der Waals surface area contributed by atoms with Gasteiger partial charge in [-0.05, 0) is 42.8 Å². The Morgan fingerprint density at radius 1 is 1.23 bits per heavy atom. The molecule has 0 spiro atoms. The Morgan fingerprint density at radius 2 is 1.88 bits per heavy atom. The molecule has 0 saturated heterocycles. The fourth-order valence-electron chi connectivity index (χ4n) is 2.57. The number of sulfonamides is 1. The normalized spacial score (nSPS) is 12.3. The molecule has 26 heavy (non-hydrogen) atoms. The number of carbonyl (C=O) groups is 1. The second-order valence-corrected chi connectivity index (χ2v) is 7.98. The third-order valence-corrected chi connectivity index (χ3v) is 5.18. The molecule has 6 nitrogen and oxygen atoms in total. The first-order chi connectivity index (χ1) is 12.3. The first-order valence-electron chi connectivity index (χ1n) is 7.96. The van der Waals surface area contributed by atoms with Crippen LogP contribution in [0.2, 0.25) is 5.02 Å². The number of methoxy groups -OCH3 is 1. The molecule has 0 aromatic heterocycles. The van der Waals surface area contributed by atoms with Gasteiger partial charge in [-0.1, -0.05) is 24.6 Å². The first kappa shape index (κ1) is 20.1. The zero-order chi connectivity index (χ0) is 19.3. The zero-order valence-corrected chi connectivity index (χ0v) is 16.3. The highest BCUT2D eigenvalue weighted by molar-refractivity contribution is 7.92. The summed E-state index contributed by atoms with van der Waals surface area (Å²) in [5, 5.41) is 3.28. The number of benzene rings is 2. The second kappa shape index (κ2) is 8.42. The third-order valence-electron chi connectivity index (χ3n) is 3.75.